The number of fused-ring (bicyclic) bond motifs is 1. The lowest BCUT2D eigenvalue weighted by Gasteiger charge is -2.46. The van der Waals surface area contributed by atoms with E-state index in [1.807, 2.05) is 12.1 Å². The van der Waals surface area contributed by atoms with Gasteiger partial charge in [0.05, 0.1) is 13.0 Å². The second kappa shape index (κ2) is 10.4. The van der Waals surface area contributed by atoms with Gasteiger partial charge in [-0.05, 0) is 11.6 Å². The van der Waals surface area contributed by atoms with Crippen LogP contribution in [0.5, 0.6) is 0 Å². The standard InChI is InChI=1S/C22H29NO12/c24-7-11-13(26)14(27)18(31)22(33-11)35-21-17(30)15(28)16(29)20(19(21)32)34-12(25)5-8-6-23-10-4-2-1-3-9(8)10/h1-4,6,11,13-24,26-32H,5,7H2/t11-,13+,14+,15-,16+,17+,18-,19-,20+,21-,22+/m1/s1. The molecular formula is C22H29NO12. The highest BCUT2D eigenvalue weighted by Gasteiger charge is 2.54. The number of H-pyrrole nitrogens is 1. The third kappa shape index (κ3) is 4.93. The van der Waals surface area contributed by atoms with Gasteiger partial charge < -0.3 is 60.0 Å². The summed E-state index contributed by atoms with van der Waals surface area (Å²) in [5.41, 5.74) is 1.39. The van der Waals surface area contributed by atoms with Gasteiger partial charge in [0.15, 0.2) is 12.4 Å². The number of nitrogens with one attached hydrogen (secondary N) is 1. The summed E-state index contributed by atoms with van der Waals surface area (Å²) in [5.74, 6) is -0.840. The molecule has 13 nitrogen and oxygen atoms in total. The summed E-state index contributed by atoms with van der Waals surface area (Å²) in [4.78, 5) is 15.6. The Hall–Kier alpha value is -2.17. The normalized spacial score (nSPS) is 40.1. The predicted molar refractivity (Wildman–Crippen MR) is 115 cm³/mol. The van der Waals surface area contributed by atoms with E-state index in [0.29, 0.717) is 5.56 Å². The molecule has 9 N–H and O–H groups in total. The van der Waals surface area contributed by atoms with Crippen LogP contribution >= 0.6 is 0 Å². The van der Waals surface area contributed by atoms with Gasteiger partial charge in [-0.25, -0.2) is 0 Å². The quantitative estimate of drug-likeness (QED) is 0.175. The van der Waals surface area contributed by atoms with Crippen molar-refractivity contribution in [2.75, 3.05) is 6.61 Å². The minimum absolute atomic E-state index is 0.225. The van der Waals surface area contributed by atoms with E-state index in [1.54, 1.807) is 18.3 Å². The van der Waals surface area contributed by atoms with E-state index in [1.165, 1.54) is 0 Å². The van der Waals surface area contributed by atoms with Crippen LogP contribution in [0.25, 0.3) is 10.9 Å². The SMILES string of the molecule is O=C(Cc1c[nH]c2ccccc12)O[C@@H]1[C@@H](O)[C@H](O[C@@H]2O[C@H](CO)[C@H](O)[C@H](O)[C@H]2O)[C@@H](O)[C@H](O)[C@@H]1O. The number of esters is 1. The fraction of sp³-hybridized carbons (Fsp3) is 0.591. The average Bonchev–Trinajstić information content (AvgIpc) is 3.25. The Labute approximate surface area is 198 Å². The number of aliphatic hydroxyl groups is 8. The number of rotatable bonds is 6. The molecule has 1 aliphatic heterocycles. The Balaban J connectivity index is 1.48. The second-order valence-corrected chi connectivity index (χ2v) is 8.75. The van der Waals surface area contributed by atoms with Crippen molar-refractivity contribution in [3.05, 3.63) is 36.0 Å². The number of hydrogen-bond acceptors (Lipinski definition) is 12. The van der Waals surface area contributed by atoms with Crippen molar-refractivity contribution in [3.8, 4) is 0 Å². The van der Waals surface area contributed by atoms with E-state index < -0.39 is 79.9 Å². The molecule has 1 aromatic heterocycles. The maximum absolute atomic E-state index is 12.6. The number of aliphatic hydroxyl groups excluding tert-OH is 8. The molecule has 194 valence electrons. The number of hydrogen-bond donors (Lipinski definition) is 9. The molecule has 0 bridgehead atoms. The Morgan fingerprint density at radius 1 is 0.857 bits per heavy atom. The van der Waals surface area contributed by atoms with Crippen molar-refractivity contribution < 1.29 is 59.9 Å². The first kappa shape index (κ1) is 25.9. The maximum atomic E-state index is 12.6. The number of ether oxygens (including phenoxy) is 3. The van der Waals surface area contributed by atoms with Crippen molar-refractivity contribution in [3.63, 3.8) is 0 Å². The van der Waals surface area contributed by atoms with E-state index in [9.17, 15) is 45.6 Å². The zero-order valence-electron chi connectivity index (χ0n) is 18.4. The third-order valence-electron chi connectivity index (χ3n) is 6.46. The lowest BCUT2D eigenvalue weighted by molar-refractivity contribution is -0.339. The van der Waals surface area contributed by atoms with Crippen molar-refractivity contribution in [1.29, 1.82) is 0 Å². The highest BCUT2D eigenvalue weighted by atomic mass is 16.7. The van der Waals surface area contributed by atoms with Crippen LogP contribution in [-0.2, 0) is 25.4 Å². The Morgan fingerprint density at radius 3 is 2.23 bits per heavy atom. The van der Waals surface area contributed by atoms with Gasteiger partial charge in [-0.15, -0.1) is 0 Å². The highest BCUT2D eigenvalue weighted by Crippen LogP contribution is 2.31. The molecule has 1 aliphatic carbocycles. The fourth-order valence-electron chi connectivity index (χ4n) is 4.44. The van der Waals surface area contributed by atoms with E-state index in [0.717, 1.165) is 10.9 Å². The Kier molecular flexibility index (Phi) is 7.73. The van der Waals surface area contributed by atoms with Crippen LogP contribution in [-0.4, -0.2) is 126 Å². The lowest BCUT2D eigenvalue weighted by atomic mass is 9.84. The summed E-state index contributed by atoms with van der Waals surface area (Å²) < 4.78 is 15.8. The first-order chi connectivity index (χ1) is 16.6. The maximum Gasteiger partial charge on any atom is 0.310 e. The van der Waals surface area contributed by atoms with Gasteiger partial charge in [-0.2, -0.15) is 0 Å². The lowest BCUT2D eigenvalue weighted by Crippen LogP contribution is -2.67. The van der Waals surface area contributed by atoms with Crippen LogP contribution in [0.3, 0.4) is 0 Å². The number of carbonyl (C=O) groups is 1. The molecule has 11 atom stereocenters. The predicted octanol–water partition coefficient (Wildman–Crippen LogP) is -3.74. The number of benzene rings is 1. The molecule has 35 heavy (non-hydrogen) atoms. The smallest absolute Gasteiger partial charge is 0.310 e. The van der Waals surface area contributed by atoms with E-state index in [4.69, 9.17) is 14.2 Å². The number of para-hydroxylation sites is 1. The van der Waals surface area contributed by atoms with Crippen molar-refractivity contribution in [2.45, 2.75) is 73.8 Å². The van der Waals surface area contributed by atoms with Gasteiger partial charge in [0, 0.05) is 17.1 Å². The first-order valence-corrected chi connectivity index (χ1v) is 11.1. The number of aromatic amines is 1. The van der Waals surface area contributed by atoms with E-state index in [2.05, 4.69) is 4.98 Å². The van der Waals surface area contributed by atoms with Gasteiger partial charge in [0.1, 0.15) is 54.9 Å². The van der Waals surface area contributed by atoms with Gasteiger partial charge in [-0.3, -0.25) is 4.79 Å². The minimum Gasteiger partial charge on any atom is -0.456 e. The molecule has 1 aromatic carbocycles. The molecule has 2 aliphatic rings. The van der Waals surface area contributed by atoms with Crippen molar-refractivity contribution in [1.82, 2.24) is 4.98 Å². The summed E-state index contributed by atoms with van der Waals surface area (Å²) >= 11 is 0. The molecule has 1 saturated heterocycles. The van der Waals surface area contributed by atoms with Gasteiger partial charge in [0.25, 0.3) is 0 Å². The fourth-order valence-corrected chi connectivity index (χ4v) is 4.44. The zero-order valence-corrected chi connectivity index (χ0v) is 18.4. The van der Waals surface area contributed by atoms with E-state index >= 15 is 0 Å². The molecule has 0 unspecified atom stereocenters. The van der Waals surface area contributed by atoms with Crippen LogP contribution in [0.4, 0.5) is 0 Å². The van der Waals surface area contributed by atoms with Crippen LogP contribution in [0, 0.1) is 0 Å². The van der Waals surface area contributed by atoms with Gasteiger partial charge >= 0.3 is 5.97 Å². The monoisotopic (exact) mass is 499 g/mol. The minimum atomic E-state index is -1.92. The molecule has 4 rings (SSSR count). The summed E-state index contributed by atoms with van der Waals surface area (Å²) in [5, 5.41) is 81.9. The molecule has 1 saturated carbocycles. The topological polar surface area (TPSA) is 222 Å². The highest BCUT2D eigenvalue weighted by molar-refractivity contribution is 5.87. The molecular weight excluding hydrogens is 470 g/mol. The largest absolute Gasteiger partial charge is 0.456 e. The van der Waals surface area contributed by atoms with Crippen molar-refractivity contribution >= 4 is 16.9 Å². The summed E-state index contributed by atoms with van der Waals surface area (Å²) in [6, 6.07) is 7.22. The van der Waals surface area contributed by atoms with Crippen LogP contribution < -0.4 is 0 Å². The summed E-state index contributed by atoms with van der Waals surface area (Å²) in [6.07, 6.45) is -18.0. The molecule has 2 fully saturated rings. The molecule has 0 amide bonds. The van der Waals surface area contributed by atoms with Crippen molar-refractivity contribution in [2.24, 2.45) is 0 Å². The third-order valence-corrected chi connectivity index (χ3v) is 6.46. The molecule has 0 radical (unpaired) electrons. The number of carbonyl (C=O) groups excluding carboxylic acids is 1. The summed E-state index contributed by atoms with van der Waals surface area (Å²) in [6.45, 7) is -0.740. The van der Waals surface area contributed by atoms with Crippen LogP contribution in [0.2, 0.25) is 0 Å². The van der Waals surface area contributed by atoms with Crippen LogP contribution in [0.15, 0.2) is 30.5 Å². The molecule has 0 spiro atoms. The Morgan fingerprint density at radius 2 is 1.51 bits per heavy atom. The second-order valence-electron chi connectivity index (χ2n) is 8.75. The summed E-state index contributed by atoms with van der Waals surface area (Å²) in [7, 11) is 0. The average molecular weight is 499 g/mol. The van der Waals surface area contributed by atoms with Gasteiger partial charge in [-0.1, -0.05) is 18.2 Å². The molecule has 13 heteroatoms. The van der Waals surface area contributed by atoms with E-state index in [-0.39, 0.29) is 6.42 Å². The van der Waals surface area contributed by atoms with Crippen LogP contribution in [0.1, 0.15) is 5.56 Å². The molecule has 2 aromatic rings. The first-order valence-electron chi connectivity index (χ1n) is 11.1. The Bertz CT molecular complexity index is 1010. The zero-order chi connectivity index (χ0) is 25.4. The number of aromatic nitrogens is 1. The molecule has 2 heterocycles. The van der Waals surface area contributed by atoms with Gasteiger partial charge in [0.2, 0.25) is 0 Å².